The highest BCUT2D eigenvalue weighted by molar-refractivity contribution is 6.01. The van der Waals surface area contributed by atoms with Gasteiger partial charge in [0.15, 0.2) is 5.69 Å². The molecule has 0 bridgehead atoms. The van der Waals surface area contributed by atoms with Gasteiger partial charge in [-0.2, -0.15) is 23.5 Å². The molecule has 0 saturated carbocycles. The van der Waals surface area contributed by atoms with Crippen LogP contribution in [0.4, 0.5) is 19.1 Å². The molecule has 0 radical (unpaired) electrons. The molecule has 0 fully saturated rings. The number of halogens is 3. The lowest BCUT2D eigenvalue weighted by Crippen LogP contribution is -2.14. The van der Waals surface area contributed by atoms with E-state index in [2.05, 4.69) is 31.0 Å². The largest absolute Gasteiger partial charge is 0.416 e. The Bertz CT molecular complexity index is 825. The molecule has 3 aromatic rings. The number of tetrazole rings is 1. The summed E-state index contributed by atoms with van der Waals surface area (Å²) in [6.07, 6.45) is -3.08. The van der Waals surface area contributed by atoms with E-state index in [1.54, 1.807) is 0 Å². The number of hydrogen-bond donors (Lipinski definition) is 2. The van der Waals surface area contributed by atoms with Crippen molar-refractivity contribution < 1.29 is 18.0 Å². The normalized spacial score (nSPS) is 11.4. The molecule has 0 spiro atoms. The zero-order valence-corrected chi connectivity index (χ0v) is 11.2. The monoisotopic (exact) mass is 323 g/mol. The van der Waals surface area contributed by atoms with Gasteiger partial charge in [-0.05, 0) is 29.5 Å². The van der Waals surface area contributed by atoms with Gasteiger partial charge in [0.05, 0.1) is 11.3 Å². The second-order valence-corrected chi connectivity index (χ2v) is 4.38. The van der Waals surface area contributed by atoms with Crippen molar-refractivity contribution in [2.45, 2.75) is 6.18 Å². The molecule has 0 saturated heterocycles. The second-order valence-electron chi connectivity index (χ2n) is 4.38. The van der Waals surface area contributed by atoms with E-state index in [1.807, 2.05) is 0 Å². The number of rotatable bonds is 3. The molecular weight excluding hydrogens is 315 g/mol. The molecule has 23 heavy (non-hydrogen) atoms. The maximum atomic E-state index is 12.7. The minimum absolute atomic E-state index is 0.00721. The van der Waals surface area contributed by atoms with Gasteiger partial charge in [0.1, 0.15) is 0 Å². The number of amides is 1. The van der Waals surface area contributed by atoms with Crippen molar-refractivity contribution in [1.29, 1.82) is 0 Å². The van der Waals surface area contributed by atoms with Crippen molar-refractivity contribution >= 4 is 11.9 Å². The summed E-state index contributed by atoms with van der Waals surface area (Å²) in [4.78, 5) is 11.9. The summed E-state index contributed by atoms with van der Waals surface area (Å²) in [5.41, 5.74) is -0.631. The van der Waals surface area contributed by atoms with Gasteiger partial charge in [0.2, 0.25) is 0 Å². The first-order valence-electron chi connectivity index (χ1n) is 6.21. The number of anilines is 1. The molecule has 2 heterocycles. The van der Waals surface area contributed by atoms with Crippen LogP contribution in [-0.2, 0) is 6.18 Å². The van der Waals surface area contributed by atoms with Crippen molar-refractivity contribution in [3.63, 3.8) is 0 Å². The van der Waals surface area contributed by atoms with Gasteiger partial charge in [-0.3, -0.25) is 10.1 Å². The van der Waals surface area contributed by atoms with Crippen LogP contribution in [0.5, 0.6) is 0 Å². The molecule has 118 valence electrons. The highest BCUT2D eigenvalue weighted by atomic mass is 19.4. The minimum Gasteiger partial charge on any atom is -0.286 e. The van der Waals surface area contributed by atoms with Gasteiger partial charge in [-0.15, -0.1) is 5.10 Å². The lowest BCUT2D eigenvalue weighted by Gasteiger charge is -2.08. The maximum absolute atomic E-state index is 12.7. The minimum atomic E-state index is -4.46. The summed E-state index contributed by atoms with van der Waals surface area (Å²) in [5.74, 6) is -0.652. The molecule has 8 nitrogen and oxygen atoms in total. The topological polar surface area (TPSA) is 101 Å². The Kier molecular flexibility index (Phi) is 3.52. The lowest BCUT2D eigenvalue weighted by molar-refractivity contribution is -0.137. The van der Waals surface area contributed by atoms with Crippen molar-refractivity contribution in [3.8, 4) is 5.69 Å². The third-order valence-corrected chi connectivity index (χ3v) is 2.83. The van der Waals surface area contributed by atoms with Crippen LogP contribution in [0.1, 0.15) is 16.1 Å². The number of hydrogen-bond acceptors (Lipinski definition) is 5. The van der Waals surface area contributed by atoms with Crippen molar-refractivity contribution in [2.24, 2.45) is 0 Å². The van der Waals surface area contributed by atoms with Crippen molar-refractivity contribution in [2.75, 3.05) is 5.32 Å². The maximum Gasteiger partial charge on any atom is 0.416 e. The third kappa shape index (κ3) is 3.17. The van der Waals surface area contributed by atoms with Gasteiger partial charge in [-0.1, -0.05) is 11.2 Å². The average Bonchev–Trinajstić information content (AvgIpc) is 3.17. The quantitative estimate of drug-likeness (QED) is 0.763. The molecule has 0 unspecified atom stereocenters. The molecule has 2 aromatic heterocycles. The van der Waals surface area contributed by atoms with E-state index in [-0.39, 0.29) is 17.3 Å². The molecule has 11 heteroatoms. The number of benzene rings is 1. The molecule has 1 aromatic carbocycles. The van der Waals surface area contributed by atoms with E-state index in [1.165, 1.54) is 29.1 Å². The third-order valence-electron chi connectivity index (χ3n) is 2.83. The van der Waals surface area contributed by atoms with E-state index in [0.29, 0.717) is 0 Å². The van der Waals surface area contributed by atoms with Gasteiger partial charge in [-0.25, -0.2) is 4.68 Å². The summed E-state index contributed by atoms with van der Waals surface area (Å²) >= 11 is 0. The lowest BCUT2D eigenvalue weighted by atomic mass is 10.2. The zero-order valence-electron chi connectivity index (χ0n) is 11.2. The molecule has 3 rings (SSSR count). The van der Waals surface area contributed by atoms with Crippen molar-refractivity contribution in [1.82, 2.24) is 30.4 Å². The Morgan fingerprint density at radius 3 is 2.78 bits per heavy atom. The average molecular weight is 323 g/mol. The van der Waals surface area contributed by atoms with Crippen LogP contribution in [0.15, 0.2) is 36.5 Å². The molecular formula is C12H8F3N7O. The standard InChI is InChI=1S/C12H8F3N7O/c13-12(14,15)7-2-1-3-8(6-7)22-5-4-9(19-22)10(23)16-11-17-20-21-18-11/h1-6H,(H2,16,17,18,20,21,23). The Hall–Kier alpha value is -3.24. The molecule has 0 aliphatic carbocycles. The number of alkyl halides is 3. The van der Waals surface area contributed by atoms with Crippen LogP contribution < -0.4 is 5.32 Å². The molecule has 0 aliphatic rings. The number of nitrogens with one attached hydrogen (secondary N) is 2. The van der Waals surface area contributed by atoms with Crippen LogP contribution in [0, 0.1) is 0 Å². The smallest absolute Gasteiger partial charge is 0.286 e. The van der Waals surface area contributed by atoms with Gasteiger partial charge < -0.3 is 0 Å². The first-order chi connectivity index (χ1) is 10.9. The SMILES string of the molecule is O=C(Nc1nn[nH]n1)c1ccn(-c2cccc(C(F)(F)F)c2)n1. The molecule has 0 atom stereocenters. The van der Waals surface area contributed by atoms with E-state index in [0.717, 1.165) is 12.1 Å². The molecule has 0 aliphatic heterocycles. The Balaban J connectivity index is 1.83. The fourth-order valence-electron chi connectivity index (χ4n) is 1.79. The van der Waals surface area contributed by atoms with E-state index in [9.17, 15) is 18.0 Å². The molecule has 2 N–H and O–H groups in total. The predicted molar refractivity (Wildman–Crippen MR) is 70.7 cm³/mol. The van der Waals surface area contributed by atoms with Crippen LogP contribution >= 0.6 is 0 Å². The molecule has 1 amide bonds. The second kappa shape index (κ2) is 5.51. The Labute approximate surface area is 126 Å². The highest BCUT2D eigenvalue weighted by Gasteiger charge is 2.30. The summed E-state index contributed by atoms with van der Waals surface area (Å²) in [6, 6.07) is 5.96. The number of carbonyl (C=O) groups excluding carboxylic acids is 1. The van der Waals surface area contributed by atoms with Gasteiger partial charge >= 0.3 is 6.18 Å². The van der Waals surface area contributed by atoms with Crippen LogP contribution in [0.3, 0.4) is 0 Å². The van der Waals surface area contributed by atoms with Crippen LogP contribution in [0.2, 0.25) is 0 Å². The Morgan fingerprint density at radius 2 is 2.09 bits per heavy atom. The summed E-state index contributed by atoms with van der Waals surface area (Å²) < 4.78 is 39.3. The first-order valence-corrected chi connectivity index (χ1v) is 6.21. The number of aromatic nitrogens is 6. The number of aromatic amines is 1. The number of H-pyrrole nitrogens is 1. The van der Waals surface area contributed by atoms with E-state index >= 15 is 0 Å². The summed E-state index contributed by atoms with van der Waals surface area (Å²) in [7, 11) is 0. The fourth-order valence-corrected chi connectivity index (χ4v) is 1.79. The van der Waals surface area contributed by atoms with Gasteiger partial charge in [0.25, 0.3) is 11.9 Å². The summed E-state index contributed by atoms with van der Waals surface area (Å²) in [6.45, 7) is 0. The van der Waals surface area contributed by atoms with Crippen LogP contribution in [-0.4, -0.2) is 36.3 Å². The van der Waals surface area contributed by atoms with E-state index < -0.39 is 17.6 Å². The first kappa shape index (κ1) is 14.7. The van der Waals surface area contributed by atoms with E-state index in [4.69, 9.17) is 0 Å². The van der Waals surface area contributed by atoms with Crippen molar-refractivity contribution in [3.05, 3.63) is 47.8 Å². The van der Waals surface area contributed by atoms with Gasteiger partial charge in [0, 0.05) is 6.20 Å². The fraction of sp³-hybridized carbons (Fsp3) is 0.0833. The zero-order chi connectivity index (χ0) is 16.4. The number of nitrogens with zero attached hydrogens (tertiary/aromatic N) is 5. The number of carbonyl (C=O) groups is 1. The highest BCUT2D eigenvalue weighted by Crippen LogP contribution is 2.30. The summed E-state index contributed by atoms with van der Waals surface area (Å²) in [5, 5.41) is 18.8. The predicted octanol–water partition coefficient (Wildman–Crippen LogP) is 1.66. The Morgan fingerprint density at radius 1 is 1.26 bits per heavy atom. The van der Waals surface area contributed by atoms with Crippen LogP contribution in [0.25, 0.3) is 5.69 Å².